The molecule has 4 aliphatic rings. The second-order valence-electron chi connectivity index (χ2n) is 10.6. The van der Waals surface area contributed by atoms with Crippen LogP contribution in [0.5, 0.6) is 0 Å². The molecule has 0 fully saturated rings. The van der Waals surface area contributed by atoms with Crippen molar-refractivity contribution >= 4 is 11.8 Å². The van der Waals surface area contributed by atoms with Gasteiger partial charge in [-0.3, -0.25) is 0 Å². The number of allylic oxidation sites excluding steroid dienone is 6. The maximum absolute atomic E-state index is 2.57. The molecule has 5 atom stereocenters. The van der Waals surface area contributed by atoms with Crippen molar-refractivity contribution in [3.63, 3.8) is 0 Å². The zero-order valence-corrected chi connectivity index (χ0v) is 21.3. The molecule has 2 aliphatic heterocycles. The minimum atomic E-state index is 0.383. The van der Waals surface area contributed by atoms with Gasteiger partial charge in [-0.25, -0.2) is 0 Å². The van der Waals surface area contributed by atoms with Gasteiger partial charge in [0.2, 0.25) is 5.69 Å². The second kappa shape index (κ2) is 8.38. The first-order chi connectivity index (χ1) is 17.2. The molecule has 5 unspecified atom stereocenters. The van der Waals surface area contributed by atoms with Crippen LogP contribution in [0.15, 0.2) is 102 Å². The van der Waals surface area contributed by atoms with E-state index in [0.717, 1.165) is 6.42 Å². The van der Waals surface area contributed by atoms with Gasteiger partial charge in [0.25, 0.3) is 0 Å². The van der Waals surface area contributed by atoms with Crippen molar-refractivity contribution in [1.82, 2.24) is 0 Å². The molecule has 0 spiro atoms. The number of hydrogen-bond acceptors (Lipinski definition) is 1. The Hall–Kier alpha value is -2.84. The Balaban J connectivity index is 1.33. The molecule has 3 heterocycles. The van der Waals surface area contributed by atoms with E-state index in [2.05, 4.69) is 121 Å². The van der Waals surface area contributed by atoms with Crippen molar-refractivity contribution in [2.45, 2.75) is 61.1 Å². The minimum Gasteiger partial charge on any atom is -0.191 e. The topological polar surface area (TPSA) is 3.88 Å². The summed E-state index contributed by atoms with van der Waals surface area (Å²) in [6, 6.07) is 21.0. The molecule has 3 aromatic rings. The van der Waals surface area contributed by atoms with Crippen LogP contribution in [0.4, 0.5) is 0 Å². The van der Waals surface area contributed by atoms with E-state index in [0.29, 0.717) is 29.0 Å². The fraction of sp³-hybridized carbons (Fsp3) is 0.303. The average molecular weight is 475 g/mol. The predicted molar refractivity (Wildman–Crippen MR) is 146 cm³/mol. The summed E-state index contributed by atoms with van der Waals surface area (Å²) in [4.78, 5) is 1.56. The van der Waals surface area contributed by atoms with Crippen LogP contribution in [0.3, 0.4) is 0 Å². The molecule has 2 aromatic carbocycles. The van der Waals surface area contributed by atoms with Gasteiger partial charge in [-0.1, -0.05) is 85.3 Å². The summed E-state index contributed by atoms with van der Waals surface area (Å²) in [5.74, 6) is 1.51. The molecule has 0 saturated heterocycles. The van der Waals surface area contributed by atoms with Crippen LogP contribution in [-0.4, -0.2) is 5.25 Å². The summed E-state index contributed by atoms with van der Waals surface area (Å²) in [6.07, 6.45) is 17.8. The van der Waals surface area contributed by atoms with Crippen molar-refractivity contribution in [3.8, 4) is 11.3 Å². The van der Waals surface area contributed by atoms with Crippen LogP contribution in [0.2, 0.25) is 0 Å². The minimum absolute atomic E-state index is 0.383. The SMILES string of the molecule is CC(c1ccccc1)c1cc[n+]2c(c1)-c1c(ccc3c1SC1CCC=C(C4C=CC=CC4)C31)C2C. The van der Waals surface area contributed by atoms with E-state index in [-0.39, 0.29) is 0 Å². The second-order valence-corrected chi connectivity index (χ2v) is 11.8. The van der Waals surface area contributed by atoms with E-state index in [1.54, 1.807) is 16.0 Å². The molecule has 0 bridgehead atoms. The average Bonchev–Trinajstić information content (AvgIpc) is 3.44. The Kier molecular flexibility index (Phi) is 5.13. The molecule has 0 radical (unpaired) electrons. The molecule has 0 N–H and O–H groups in total. The predicted octanol–water partition coefficient (Wildman–Crippen LogP) is 8.13. The van der Waals surface area contributed by atoms with Gasteiger partial charge in [-0.15, -0.1) is 11.8 Å². The molecular weight excluding hydrogens is 442 g/mol. The number of nitrogens with zero attached hydrogens (tertiary/aromatic N) is 1. The lowest BCUT2D eigenvalue weighted by atomic mass is 9.74. The maximum Gasteiger partial charge on any atom is 0.214 e. The molecule has 2 aliphatic carbocycles. The highest BCUT2D eigenvalue weighted by molar-refractivity contribution is 8.00. The summed E-state index contributed by atoms with van der Waals surface area (Å²) in [7, 11) is 0. The third-order valence-electron chi connectivity index (χ3n) is 8.73. The zero-order chi connectivity index (χ0) is 23.5. The van der Waals surface area contributed by atoms with E-state index >= 15 is 0 Å². The highest BCUT2D eigenvalue weighted by atomic mass is 32.2. The van der Waals surface area contributed by atoms with Crippen LogP contribution >= 0.6 is 11.8 Å². The van der Waals surface area contributed by atoms with Gasteiger partial charge in [-0.05, 0) is 36.0 Å². The number of aromatic nitrogens is 1. The van der Waals surface area contributed by atoms with Crippen molar-refractivity contribution in [2.75, 3.05) is 0 Å². The van der Waals surface area contributed by atoms with E-state index in [1.807, 2.05) is 0 Å². The fourth-order valence-electron chi connectivity index (χ4n) is 6.81. The summed E-state index contributed by atoms with van der Waals surface area (Å²) in [6.45, 7) is 4.70. The normalized spacial score (nSPS) is 26.5. The summed E-state index contributed by atoms with van der Waals surface area (Å²) in [5.41, 5.74) is 10.4. The van der Waals surface area contributed by atoms with Crippen molar-refractivity contribution < 1.29 is 4.57 Å². The number of benzene rings is 2. The van der Waals surface area contributed by atoms with Crippen LogP contribution in [-0.2, 0) is 0 Å². The first-order valence-corrected chi connectivity index (χ1v) is 14.1. The van der Waals surface area contributed by atoms with Gasteiger partial charge < -0.3 is 0 Å². The summed E-state index contributed by atoms with van der Waals surface area (Å²) < 4.78 is 2.50. The third-order valence-corrected chi connectivity index (χ3v) is 10.2. The molecular formula is C33H32NS+. The standard InChI is InChI=1S/C33H32NS/c1-21(23-10-5-3-6-11-23)25-18-19-34-22(2)26-16-17-28-31-27(24-12-7-4-8-13-24)14-9-15-30(31)35-33(28)32(26)29(34)20-25/h3-8,10-12,14,16-22,24,30-31H,9,13,15H2,1-2H3/q+1. The maximum atomic E-state index is 2.57. The van der Waals surface area contributed by atoms with Gasteiger partial charge in [-0.2, -0.15) is 4.57 Å². The Bertz CT molecular complexity index is 1400. The number of thioether (sulfide) groups is 1. The smallest absolute Gasteiger partial charge is 0.191 e. The molecule has 1 nitrogen and oxygen atoms in total. The largest absolute Gasteiger partial charge is 0.214 e. The quantitative estimate of drug-likeness (QED) is 0.274. The van der Waals surface area contributed by atoms with E-state index < -0.39 is 0 Å². The van der Waals surface area contributed by atoms with Gasteiger partial charge in [0.15, 0.2) is 12.2 Å². The Morgan fingerprint density at radius 3 is 2.66 bits per heavy atom. The van der Waals surface area contributed by atoms with E-state index in [1.165, 1.54) is 40.8 Å². The summed E-state index contributed by atoms with van der Waals surface area (Å²) in [5, 5.41) is 0.673. The van der Waals surface area contributed by atoms with Crippen LogP contribution in [0.25, 0.3) is 11.3 Å². The highest BCUT2D eigenvalue weighted by Crippen LogP contribution is 2.58. The third kappa shape index (κ3) is 3.33. The van der Waals surface area contributed by atoms with Crippen molar-refractivity contribution in [2.24, 2.45) is 5.92 Å². The number of hydrogen-bond donors (Lipinski definition) is 0. The van der Waals surface area contributed by atoms with Gasteiger partial charge in [0, 0.05) is 52.5 Å². The lowest BCUT2D eigenvalue weighted by Crippen LogP contribution is -2.35. The molecule has 7 rings (SSSR count). The van der Waals surface area contributed by atoms with Gasteiger partial charge in [0.05, 0.1) is 5.56 Å². The molecule has 2 heteroatoms. The van der Waals surface area contributed by atoms with Crippen LogP contribution in [0.1, 0.15) is 73.2 Å². The molecule has 0 saturated carbocycles. The zero-order valence-electron chi connectivity index (χ0n) is 20.5. The summed E-state index contributed by atoms with van der Waals surface area (Å²) >= 11 is 2.17. The Labute approximate surface area is 213 Å². The van der Waals surface area contributed by atoms with Crippen molar-refractivity contribution in [1.29, 1.82) is 0 Å². The molecule has 1 aromatic heterocycles. The van der Waals surface area contributed by atoms with E-state index in [4.69, 9.17) is 0 Å². The molecule has 0 amide bonds. The molecule has 35 heavy (non-hydrogen) atoms. The lowest BCUT2D eigenvalue weighted by molar-refractivity contribution is -0.694. The fourth-order valence-corrected chi connectivity index (χ4v) is 8.48. The highest BCUT2D eigenvalue weighted by Gasteiger charge is 2.45. The van der Waals surface area contributed by atoms with Crippen LogP contribution in [0, 0.1) is 5.92 Å². The van der Waals surface area contributed by atoms with Gasteiger partial charge >= 0.3 is 0 Å². The van der Waals surface area contributed by atoms with E-state index in [9.17, 15) is 0 Å². The Morgan fingerprint density at radius 2 is 1.83 bits per heavy atom. The van der Waals surface area contributed by atoms with Crippen molar-refractivity contribution in [3.05, 3.63) is 119 Å². The monoisotopic (exact) mass is 474 g/mol. The number of pyridine rings is 1. The van der Waals surface area contributed by atoms with Crippen LogP contribution < -0.4 is 4.57 Å². The Morgan fingerprint density at radius 1 is 0.971 bits per heavy atom. The first-order valence-electron chi connectivity index (χ1n) is 13.2. The first kappa shape index (κ1) is 21.4. The molecule has 174 valence electrons. The number of fused-ring (bicyclic) bond motifs is 7. The number of rotatable bonds is 3. The lowest BCUT2D eigenvalue weighted by Gasteiger charge is -2.31. The van der Waals surface area contributed by atoms with Gasteiger partial charge in [0.1, 0.15) is 0 Å².